The SMILES string of the molecule is Cn1ccnc1[C@H](O)C1CCN(C(=O)Nc2ccc3c(c2)ncn3C)CC1. The van der Waals surface area contributed by atoms with Crippen LogP contribution in [0.4, 0.5) is 10.5 Å². The number of carbonyl (C=O) groups is 1. The van der Waals surface area contributed by atoms with Gasteiger partial charge in [-0.1, -0.05) is 0 Å². The Bertz CT molecular complexity index is 954. The van der Waals surface area contributed by atoms with E-state index in [1.54, 1.807) is 17.4 Å². The summed E-state index contributed by atoms with van der Waals surface area (Å²) in [5.41, 5.74) is 2.62. The summed E-state index contributed by atoms with van der Waals surface area (Å²) in [5, 5.41) is 13.5. The zero-order valence-electron chi connectivity index (χ0n) is 15.5. The van der Waals surface area contributed by atoms with Crippen LogP contribution in [0.3, 0.4) is 0 Å². The summed E-state index contributed by atoms with van der Waals surface area (Å²) in [6.07, 6.45) is 6.19. The summed E-state index contributed by atoms with van der Waals surface area (Å²) in [6.45, 7) is 1.23. The topological polar surface area (TPSA) is 88.2 Å². The molecule has 8 heteroatoms. The van der Waals surface area contributed by atoms with Crippen molar-refractivity contribution in [2.45, 2.75) is 18.9 Å². The molecule has 0 aliphatic carbocycles. The van der Waals surface area contributed by atoms with Crippen molar-refractivity contribution in [1.29, 1.82) is 0 Å². The van der Waals surface area contributed by atoms with E-state index in [2.05, 4.69) is 15.3 Å². The van der Waals surface area contributed by atoms with E-state index >= 15 is 0 Å². The second-order valence-corrected chi connectivity index (χ2v) is 7.15. The molecule has 27 heavy (non-hydrogen) atoms. The zero-order chi connectivity index (χ0) is 19.0. The third kappa shape index (κ3) is 3.40. The van der Waals surface area contributed by atoms with Crippen LogP contribution in [0.1, 0.15) is 24.8 Å². The Hall–Kier alpha value is -2.87. The molecule has 0 radical (unpaired) electrons. The fourth-order valence-electron chi connectivity index (χ4n) is 3.71. The lowest BCUT2D eigenvalue weighted by Crippen LogP contribution is -2.42. The molecular formula is C19H24N6O2. The summed E-state index contributed by atoms with van der Waals surface area (Å²) in [5.74, 6) is 0.793. The zero-order valence-corrected chi connectivity index (χ0v) is 15.5. The predicted octanol–water partition coefficient (Wildman–Crippen LogP) is 2.28. The first-order valence-corrected chi connectivity index (χ1v) is 9.15. The Labute approximate surface area is 157 Å². The van der Waals surface area contributed by atoms with Gasteiger partial charge in [0.2, 0.25) is 0 Å². The number of carbonyl (C=O) groups excluding carboxylic acids is 1. The van der Waals surface area contributed by atoms with E-state index in [0.29, 0.717) is 18.9 Å². The summed E-state index contributed by atoms with van der Waals surface area (Å²) in [4.78, 5) is 22.9. The van der Waals surface area contributed by atoms with Crippen molar-refractivity contribution in [3.63, 3.8) is 0 Å². The average molecular weight is 368 g/mol. The smallest absolute Gasteiger partial charge is 0.321 e. The summed E-state index contributed by atoms with van der Waals surface area (Å²) in [6, 6.07) is 5.60. The van der Waals surface area contributed by atoms with E-state index in [0.717, 1.165) is 29.6 Å². The lowest BCUT2D eigenvalue weighted by Gasteiger charge is -2.34. The largest absolute Gasteiger partial charge is 0.385 e. The van der Waals surface area contributed by atoms with Crippen molar-refractivity contribution in [1.82, 2.24) is 24.0 Å². The maximum absolute atomic E-state index is 12.6. The summed E-state index contributed by atoms with van der Waals surface area (Å²) >= 11 is 0. The molecule has 1 aliphatic heterocycles. The number of aliphatic hydroxyl groups excluding tert-OH is 1. The van der Waals surface area contributed by atoms with E-state index in [1.807, 2.05) is 47.6 Å². The number of anilines is 1. The van der Waals surface area contributed by atoms with Crippen LogP contribution in [-0.4, -0.2) is 48.2 Å². The molecule has 0 saturated carbocycles. The number of imidazole rings is 2. The first kappa shape index (κ1) is 17.5. The highest BCUT2D eigenvalue weighted by atomic mass is 16.3. The van der Waals surface area contributed by atoms with E-state index in [1.165, 1.54) is 0 Å². The number of aromatic nitrogens is 4. The van der Waals surface area contributed by atoms with Gasteiger partial charge in [0.05, 0.1) is 17.4 Å². The van der Waals surface area contributed by atoms with Gasteiger partial charge in [-0.05, 0) is 37.0 Å². The molecule has 3 heterocycles. The standard InChI is InChI=1S/C19H24N6O2/c1-23-10-7-20-18(23)17(26)13-5-8-25(9-6-13)19(27)22-14-3-4-16-15(11-14)21-12-24(16)2/h3-4,7,10-13,17,26H,5-6,8-9H2,1-2H3,(H,22,27)/t17-/m1/s1. The highest BCUT2D eigenvalue weighted by molar-refractivity contribution is 5.92. The number of amides is 2. The fourth-order valence-corrected chi connectivity index (χ4v) is 3.71. The monoisotopic (exact) mass is 368 g/mol. The maximum atomic E-state index is 12.6. The number of piperidine rings is 1. The minimum absolute atomic E-state index is 0.111. The second kappa shape index (κ2) is 7.03. The third-order valence-electron chi connectivity index (χ3n) is 5.37. The van der Waals surface area contributed by atoms with E-state index in [9.17, 15) is 9.90 Å². The number of rotatable bonds is 3. The minimum atomic E-state index is -0.596. The molecule has 8 nitrogen and oxygen atoms in total. The number of fused-ring (bicyclic) bond motifs is 1. The molecular weight excluding hydrogens is 344 g/mol. The van der Waals surface area contributed by atoms with Crippen molar-refractivity contribution in [3.05, 3.63) is 42.7 Å². The van der Waals surface area contributed by atoms with Crippen molar-refractivity contribution in [2.75, 3.05) is 18.4 Å². The van der Waals surface area contributed by atoms with Crippen LogP contribution >= 0.6 is 0 Å². The van der Waals surface area contributed by atoms with E-state index in [-0.39, 0.29) is 11.9 Å². The van der Waals surface area contributed by atoms with Gasteiger partial charge in [-0.2, -0.15) is 0 Å². The van der Waals surface area contributed by atoms with Gasteiger partial charge in [0, 0.05) is 45.3 Å². The molecule has 1 aromatic carbocycles. The first-order chi connectivity index (χ1) is 13.0. The molecule has 4 rings (SSSR count). The highest BCUT2D eigenvalue weighted by Gasteiger charge is 2.30. The van der Waals surface area contributed by atoms with Crippen LogP contribution in [0.25, 0.3) is 11.0 Å². The first-order valence-electron chi connectivity index (χ1n) is 9.15. The molecule has 1 fully saturated rings. The summed E-state index contributed by atoms with van der Waals surface area (Å²) in [7, 11) is 3.82. The quantitative estimate of drug-likeness (QED) is 0.742. The molecule has 0 bridgehead atoms. The number of urea groups is 1. The van der Waals surface area contributed by atoms with Gasteiger partial charge in [-0.15, -0.1) is 0 Å². The fraction of sp³-hybridized carbons (Fsp3) is 0.421. The number of hydrogen-bond donors (Lipinski definition) is 2. The lowest BCUT2D eigenvalue weighted by molar-refractivity contribution is 0.0600. The van der Waals surface area contributed by atoms with Gasteiger partial charge >= 0.3 is 6.03 Å². The number of aryl methyl sites for hydroxylation is 2. The van der Waals surface area contributed by atoms with Crippen LogP contribution in [0.5, 0.6) is 0 Å². The van der Waals surface area contributed by atoms with Gasteiger partial charge in [-0.3, -0.25) is 0 Å². The van der Waals surface area contributed by atoms with Gasteiger partial charge in [0.25, 0.3) is 0 Å². The van der Waals surface area contributed by atoms with Crippen LogP contribution in [0.2, 0.25) is 0 Å². The van der Waals surface area contributed by atoms with Crippen molar-refractivity contribution in [2.24, 2.45) is 20.0 Å². The molecule has 142 valence electrons. The predicted molar refractivity (Wildman–Crippen MR) is 102 cm³/mol. The number of likely N-dealkylation sites (tertiary alicyclic amines) is 1. The van der Waals surface area contributed by atoms with Crippen molar-refractivity contribution < 1.29 is 9.90 Å². The lowest BCUT2D eigenvalue weighted by atomic mass is 9.91. The molecule has 3 aromatic rings. The molecule has 0 spiro atoms. The molecule has 2 N–H and O–H groups in total. The van der Waals surface area contributed by atoms with Gasteiger partial charge in [0.1, 0.15) is 11.9 Å². The third-order valence-corrected chi connectivity index (χ3v) is 5.37. The van der Waals surface area contributed by atoms with Crippen LogP contribution in [-0.2, 0) is 14.1 Å². The molecule has 2 aromatic heterocycles. The van der Waals surface area contributed by atoms with E-state index in [4.69, 9.17) is 0 Å². The number of aliphatic hydroxyl groups is 1. The minimum Gasteiger partial charge on any atom is -0.385 e. The van der Waals surface area contributed by atoms with Gasteiger partial charge < -0.3 is 24.5 Å². The van der Waals surface area contributed by atoms with E-state index < -0.39 is 6.10 Å². The Morgan fingerprint density at radius 3 is 2.70 bits per heavy atom. The maximum Gasteiger partial charge on any atom is 0.321 e. The molecule has 1 saturated heterocycles. The average Bonchev–Trinajstić information content (AvgIpc) is 3.27. The van der Waals surface area contributed by atoms with Crippen molar-refractivity contribution in [3.8, 4) is 0 Å². The second-order valence-electron chi connectivity index (χ2n) is 7.15. The number of nitrogens with one attached hydrogen (secondary N) is 1. The van der Waals surface area contributed by atoms with Crippen LogP contribution in [0, 0.1) is 5.92 Å². The Balaban J connectivity index is 1.36. The Morgan fingerprint density at radius 1 is 1.22 bits per heavy atom. The molecule has 1 aliphatic rings. The van der Waals surface area contributed by atoms with Crippen LogP contribution < -0.4 is 5.32 Å². The van der Waals surface area contributed by atoms with Gasteiger partial charge in [0.15, 0.2) is 0 Å². The van der Waals surface area contributed by atoms with Gasteiger partial charge in [-0.25, -0.2) is 14.8 Å². The molecule has 2 amide bonds. The Morgan fingerprint density at radius 2 is 2.00 bits per heavy atom. The summed E-state index contributed by atoms with van der Waals surface area (Å²) < 4.78 is 3.79. The van der Waals surface area contributed by atoms with Crippen LogP contribution in [0.15, 0.2) is 36.9 Å². The number of benzene rings is 1. The number of nitrogens with zero attached hydrogens (tertiary/aromatic N) is 5. The highest BCUT2D eigenvalue weighted by Crippen LogP contribution is 2.30. The normalized spacial score (nSPS) is 16.6. The Kier molecular flexibility index (Phi) is 4.57. The molecule has 0 unspecified atom stereocenters. The van der Waals surface area contributed by atoms with Crippen molar-refractivity contribution >= 4 is 22.8 Å². The number of hydrogen-bond acceptors (Lipinski definition) is 4. The molecule has 1 atom stereocenters.